The summed E-state index contributed by atoms with van der Waals surface area (Å²) in [6, 6.07) is 6.53. The summed E-state index contributed by atoms with van der Waals surface area (Å²) < 4.78 is 0. The van der Waals surface area contributed by atoms with Crippen LogP contribution in [0.15, 0.2) is 29.6 Å². The molecule has 2 heterocycles. The van der Waals surface area contributed by atoms with Gasteiger partial charge in [0.2, 0.25) is 5.91 Å². The lowest BCUT2D eigenvalue weighted by Crippen LogP contribution is -2.46. The first-order valence-corrected chi connectivity index (χ1v) is 9.93. The van der Waals surface area contributed by atoms with Crippen molar-refractivity contribution in [3.63, 3.8) is 0 Å². The number of hydrogen-bond donors (Lipinski definition) is 2. The molecule has 1 spiro atoms. The topological polar surface area (TPSA) is 78.5 Å². The largest absolute Gasteiger partial charge is 0.325 e. The molecule has 1 fully saturated rings. The Kier molecular flexibility index (Phi) is 4.44. The van der Waals surface area contributed by atoms with Crippen molar-refractivity contribution in [1.29, 1.82) is 0 Å². The van der Waals surface area contributed by atoms with E-state index in [-0.39, 0.29) is 12.5 Å². The van der Waals surface area contributed by atoms with Gasteiger partial charge in [-0.15, -0.1) is 11.3 Å². The zero-order chi connectivity index (χ0) is 19.2. The van der Waals surface area contributed by atoms with E-state index in [1.807, 2.05) is 18.4 Å². The lowest BCUT2D eigenvalue weighted by atomic mass is 9.80. The van der Waals surface area contributed by atoms with E-state index >= 15 is 0 Å². The number of hydrogen-bond acceptors (Lipinski definition) is 4. The predicted octanol–water partition coefficient (Wildman–Crippen LogP) is 3.43. The van der Waals surface area contributed by atoms with Crippen LogP contribution in [-0.2, 0) is 21.5 Å². The molecule has 1 aromatic heterocycles. The third kappa shape index (κ3) is 3.00. The Morgan fingerprint density at radius 1 is 1.37 bits per heavy atom. The molecule has 1 saturated heterocycles. The van der Waals surface area contributed by atoms with Crippen molar-refractivity contribution in [3.05, 3.63) is 50.7 Å². The summed E-state index contributed by atoms with van der Waals surface area (Å²) in [7, 11) is 0. The van der Waals surface area contributed by atoms with Crippen LogP contribution in [0.2, 0.25) is 5.02 Å². The van der Waals surface area contributed by atoms with Gasteiger partial charge in [-0.2, -0.15) is 0 Å². The highest BCUT2D eigenvalue weighted by molar-refractivity contribution is 7.10. The van der Waals surface area contributed by atoms with E-state index in [1.54, 1.807) is 29.5 Å². The Balaban J connectivity index is 1.52. The number of carbonyl (C=O) groups excluding carboxylic acids is 3. The van der Waals surface area contributed by atoms with E-state index in [0.29, 0.717) is 17.1 Å². The minimum Gasteiger partial charge on any atom is -0.324 e. The first-order valence-electron chi connectivity index (χ1n) is 8.68. The summed E-state index contributed by atoms with van der Waals surface area (Å²) in [5.41, 5.74) is 1.26. The molecular formula is C19H18ClN3O3S. The summed E-state index contributed by atoms with van der Waals surface area (Å²) in [4.78, 5) is 40.1. The first kappa shape index (κ1) is 18.0. The number of fused-ring (bicyclic) bond motifs is 2. The maximum Gasteiger partial charge on any atom is 0.325 e. The summed E-state index contributed by atoms with van der Waals surface area (Å²) in [5, 5.41) is 8.00. The van der Waals surface area contributed by atoms with Crippen LogP contribution in [0.25, 0.3) is 0 Å². The second kappa shape index (κ2) is 6.65. The highest BCUT2D eigenvalue weighted by Gasteiger charge is 2.54. The minimum absolute atomic E-state index is 0.336. The van der Waals surface area contributed by atoms with Gasteiger partial charge >= 0.3 is 6.03 Å². The van der Waals surface area contributed by atoms with Crippen LogP contribution in [0.3, 0.4) is 0 Å². The molecular weight excluding hydrogens is 386 g/mol. The average Bonchev–Trinajstić information content (AvgIpc) is 3.19. The Morgan fingerprint density at radius 3 is 2.96 bits per heavy atom. The van der Waals surface area contributed by atoms with Crippen molar-refractivity contribution >= 4 is 46.5 Å². The van der Waals surface area contributed by atoms with E-state index in [1.165, 1.54) is 0 Å². The molecule has 2 aromatic rings. The van der Waals surface area contributed by atoms with E-state index in [9.17, 15) is 14.4 Å². The lowest BCUT2D eigenvalue weighted by molar-refractivity contribution is -0.134. The predicted molar refractivity (Wildman–Crippen MR) is 104 cm³/mol. The number of rotatable bonds is 3. The monoisotopic (exact) mass is 403 g/mol. The average molecular weight is 404 g/mol. The minimum atomic E-state index is -1.03. The first-order chi connectivity index (χ1) is 12.9. The molecule has 27 heavy (non-hydrogen) atoms. The molecule has 1 aliphatic heterocycles. The number of nitrogens with one attached hydrogen (secondary N) is 2. The fourth-order valence-corrected chi connectivity index (χ4v) is 4.88. The van der Waals surface area contributed by atoms with Crippen LogP contribution in [0, 0.1) is 6.92 Å². The molecule has 8 heteroatoms. The van der Waals surface area contributed by atoms with E-state index < -0.39 is 17.5 Å². The standard InChI is InChI=1S/C19H18ClN3O3S/c1-11-4-5-12(9-14(11)20)21-16(24)10-23-17(25)19(22-18(23)26)7-2-3-15-13(19)6-8-27-15/h4-6,8-9H,2-3,7,10H2,1H3,(H,21,24)(H,22,26). The third-order valence-electron chi connectivity index (χ3n) is 5.09. The van der Waals surface area contributed by atoms with Gasteiger partial charge in [0.1, 0.15) is 12.1 Å². The number of halogens is 1. The maximum atomic E-state index is 13.1. The molecule has 2 aliphatic rings. The van der Waals surface area contributed by atoms with Crippen LogP contribution >= 0.6 is 22.9 Å². The zero-order valence-corrected chi connectivity index (χ0v) is 16.2. The SMILES string of the molecule is Cc1ccc(NC(=O)CN2C(=O)NC3(CCCc4sccc43)C2=O)cc1Cl. The van der Waals surface area contributed by atoms with Gasteiger partial charge < -0.3 is 10.6 Å². The van der Waals surface area contributed by atoms with Crippen LogP contribution in [0.1, 0.15) is 28.8 Å². The van der Waals surface area contributed by atoms with Crippen LogP contribution in [0.5, 0.6) is 0 Å². The molecule has 6 nitrogen and oxygen atoms in total. The quantitative estimate of drug-likeness (QED) is 0.770. The highest BCUT2D eigenvalue weighted by atomic mass is 35.5. The molecule has 0 radical (unpaired) electrons. The molecule has 1 aliphatic carbocycles. The molecule has 4 amide bonds. The van der Waals surface area contributed by atoms with Crippen molar-refractivity contribution in [1.82, 2.24) is 10.2 Å². The fourth-order valence-electron chi connectivity index (χ4n) is 3.70. The molecule has 2 N–H and O–H groups in total. The molecule has 140 valence electrons. The number of amides is 4. The van der Waals surface area contributed by atoms with Crippen LogP contribution < -0.4 is 10.6 Å². The number of carbonyl (C=O) groups is 3. The highest BCUT2D eigenvalue weighted by Crippen LogP contribution is 2.42. The Labute approximate surface area is 165 Å². The number of thiophene rings is 1. The summed E-state index contributed by atoms with van der Waals surface area (Å²) >= 11 is 7.66. The second-order valence-corrected chi connectivity index (χ2v) is 8.26. The van der Waals surface area contributed by atoms with Crippen LogP contribution in [-0.4, -0.2) is 29.3 Å². The lowest BCUT2D eigenvalue weighted by Gasteiger charge is -2.31. The maximum absolute atomic E-state index is 13.1. The number of benzene rings is 1. The van der Waals surface area contributed by atoms with Gasteiger partial charge in [-0.25, -0.2) is 4.79 Å². The normalized spacial score (nSPS) is 21.3. The molecule has 4 rings (SSSR count). The van der Waals surface area contributed by atoms with Gasteiger partial charge in [0.25, 0.3) is 5.91 Å². The van der Waals surface area contributed by atoms with Gasteiger partial charge in [0.05, 0.1) is 0 Å². The molecule has 1 unspecified atom stereocenters. The van der Waals surface area contributed by atoms with E-state index in [4.69, 9.17) is 11.6 Å². The summed E-state index contributed by atoms with van der Waals surface area (Å²) in [6.07, 6.45) is 2.28. The summed E-state index contributed by atoms with van der Waals surface area (Å²) in [6.45, 7) is 1.53. The molecule has 1 atom stereocenters. The van der Waals surface area contributed by atoms with Crippen molar-refractivity contribution in [2.75, 3.05) is 11.9 Å². The van der Waals surface area contributed by atoms with Crippen molar-refractivity contribution < 1.29 is 14.4 Å². The number of anilines is 1. The second-order valence-electron chi connectivity index (χ2n) is 6.85. The summed E-state index contributed by atoms with van der Waals surface area (Å²) in [5.74, 6) is -0.805. The molecule has 1 aromatic carbocycles. The number of aryl methyl sites for hydroxylation is 2. The van der Waals surface area contributed by atoms with Gasteiger partial charge in [-0.1, -0.05) is 17.7 Å². The van der Waals surface area contributed by atoms with E-state index in [0.717, 1.165) is 33.7 Å². The number of urea groups is 1. The van der Waals surface area contributed by atoms with E-state index in [2.05, 4.69) is 10.6 Å². The van der Waals surface area contributed by atoms with Crippen molar-refractivity contribution in [2.45, 2.75) is 31.7 Å². The fraction of sp³-hybridized carbons (Fsp3) is 0.316. The van der Waals surface area contributed by atoms with Gasteiger partial charge in [0.15, 0.2) is 0 Å². The smallest absolute Gasteiger partial charge is 0.324 e. The molecule has 0 bridgehead atoms. The Morgan fingerprint density at radius 2 is 2.19 bits per heavy atom. The molecule has 0 saturated carbocycles. The number of nitrogens with zero attached hydrogens (tertiary/aromatic N) is 1. The Bertz CT molecular complexity index is 957. The van der Waals surface area contributed by atoms with Crippen LogP contribution in [0.4, 0.5) is 10.5 Å². The third-order valence-corrected chi connectivity index (χ3v) is 6.48. The van der Waals surface area contributed by atoms with Crippen molar-refractivity contribution in [2.24, 2.45) is 0 Å². The zero-order valence-electron chi connectivity index (χ0n) is 14.7. The van der Waals surface area contributed by atoms with Gasteiger partial charge in [-0.05, 0) is 55.3 Å². The van der Waals surface area contributed by atoms with Crippen molar-refractivity contribution in [3.8, 4) is 0 Å². The van der Waals surface area contributed by atoms with Gasteiger partial charge in [-0.3, -0.25) is 14.5 Å². The number of imide groups is 1. The van der Waals surface area contributed by atoms with Gasteiger partial charge in [0, 0.05) is 21.2 Å². The Hall–Kier alpha value is -2.38.